The summed E-state index contributed by atoms with van der Waals surface area (Å²) < 4.78 is 1.79. The summed E-state index contributed by atoms with van der Waals surface area (Å²) in [6.07, 6.45) is 1.90. The number of anilines is 1. The molecule has 1 heterocycles. The first kappa shape index (κ1) is 26.0. The van der Waals surface area contributed by atoms with Gasteiger partial charge in [-0.25, -0.2) is 9.48 Å². The third-order valence-electron chi connectivity index (χ3n) is 5.74. The second kappa shape index (κ2) is 12.2. The number of amides is 3. The number of para-hydroxylation sites is 1. The van der Waals surface area contributed by atoms with Gasteiger partial charge in [0.1, 0.15) is 12.4 Å². The Morgan fingerprint density at radius 2 is 1.71 bits per heavy atom. The average molecular weight is 476 g/mol. The number of hydrogen-bond donors (Lipinski definition) is 2. The van der Waals surface area contributed by atoms with Crippen LogP contribution in [-0.4, -0.2) is 46.3 Å². The molecule has 2 aromatic carbocycles. The van der Waals surface area contributed by atoms with E-state index in [2.05, 4.69) is 17.6 Å². The Morgan fingerprint density at radius 1 is 1.03 bits per heavy atom. The number of carbonyl (C=O) groups is 2. The van der Waals surface area contributed by atoms with Crippen LogP contribution in [0.15, 0.2) is 54.6 Å². The molecule has 0 spiro atoms. The highest BCUT2D eigenvalue weighted by molar-refractivity contribution is 5.98. The van der Waals surface area contributed by atoms with E-state index in [9.17, 15) is 9.59 Å². The Hall–Kier alpha value is -3.61. The molecular weight excluding hydrogens is 438 g/mol. The normalized spacial score (nSPS) is 10.9. The number of nitrogens with zero attached hydrogens (tertiary/aromatic N) is 3. The first-order valence-corrected chi connectivity index (χ1v) is 12.4. The quantitative estimate of drug-likeness (QED) is 0.377. The van der Waals surface area contributed by atoms with Crippen LogP contribution in [0.1, 0.15) is 44.9 Å². The number of benzene rings is 2. The van der Waals surface area contributed by atoms with Crippen LogP contribution in [0.5, 0.6) is 0 Å². The number of carbonyl (C=O) groups excluding carboxylic acids is 2. The van der Waals surface area contributed by atoms with Crippen molar-refractivity contribution in [3.05, 3.63) is 65.9 Å². The number of aromatic nitrogens is 2. The van der Waals surface area contributed by atoms with Crippen LogP contribution < -0.4 is 10.6 Å². The molecule has 35 heavy (non-hydrogen) atoms. The van der Waals surface area contributed by atoms with Crippen LogP contribution in [0.25, 0.3) is 16.8 Å². The summed E-state index contributed by atoms with van der Waals surface area (Å²) in [5.41, 5.74) is 4.58. The Bertz CT molecular complexity index is 1140. The third-order valence-corrected chi connectivity index (χ3v) is 5.74. The zero-order chi connectivity index (χ0) is 25.4. The van der Waals surface area contributed by atoms with E-state index in [1.165, 1.54) is 0 Å². The number of hydrogen-bond acceptors (Lipinski definition) is 3. The van der Waals surface area contributed by atoms with Gasteiger partial charge >= 0.3 is 6.03 Å². The number of rotatable bonds is 10. The van der Waals surface area contributed by atoms with Gasteiger partial charge in [0.05, 0.1) is 11.4 Å². The highest BCUT2D eigenvalue weighted by atomic mass is 16.2. The van der Waals surface area contributed by atoms with Crippen LogP contribution >= 0.6 is 0 Å². The maximum absolute atomic E-state index is 13.3. The molecule has 0 radical (unpaired) electrons. The maximum atomic E-state index is 13.3. The van der Waals surface area contributed by atoms with E-state index in [4.69, 9.17) is 5.10 Å². The van der Waals surface area contributed by atoms with Crippen LogP contribution in [-0.2, 0) is 4.79 Å². The van der Waals surface area contributed by atoms with Crippen molar-refractivity contribution in [1.29, 1.82) is 0 Å². The van der Waals surface area contributed by atoms with E-state index in [0.717, 1.165) is 40.9 Å². The average Bonchev–Trinajstić information content (AvgIpc) is 3.14. The van der Waals surface area contributed by atoms with Gasteiger partial charge in [0.25, 0.3) is 0 Å². The zero-order valence-corrected chi connectivity index (χ0v) is 21.5. The Labute approximate surface area is 208 Å². The van der Waals surface area contributed by atoms with Crippen molar-refractivity contribution in [2.75, 3.05) is 25.0 Å². The lowest BCUT2D eigenvalue weighted by Crippen LogP contribution is -2.46. The SMILES string of the molecule is CCCCNC(=O)N(CC(=O)Nc1c(-c2ccccc2)c(C)nn1-c1ccccc1C)CC(C)C. The molecule has 0 aliphatic carbocycles. The van der Waals surface area contributed by atoms with Crippen LogP contribution in [0.4, 0.5) is 10.6 Å². The molecule has 1 aromatic heterocycles. The minimum atomic E-state index is -0.261. The first-order chi connectivity index (χ1) is 16.8. The maximum Gasteiger partial charge on any atom is 0.317 e. The smallest absolute Gasteiger partial charge is 0.317 e. The van der Waals surface area contributed by atoms with Crippen molar-refractivity contribution in [2.45, 2.75) is 47.5 Å². The van der Waals surface area contributed by atoms with Gasteiger partial charge in [-0.15, -0.1) is 0 Å². The van der Waals surface area contributed by atoms with Gasteiger partial charge in [-0.1, -0.05) is 75.7 Å². The van der Waals surface area contributed by atoms with E-state index in [0.29, 0.717) is 18.9 Å². The van der Waals surface area contributed by atoms with Gasteiger partial charge in [-0.2, -0.15) is 5.10 Å². The van der Waals surface area contributed by atoms with Crippen LogP contribution in [0.2, 0.25) is 0 Å². The lowest BCUT2D eigenvalue weighted by molar-refractivity contribution is -0.116. The fraction of sp³-hybridized carbons (Fsp3) is 0.393. The predicted octanol–water partition coefficient (Wildman–Crippen LogP) is 5.56. The first-order valence-electron chi connectivity index (χ1n) is 12.4. The summed E-state index contributed by atoms with van der Waals surface area (Å²) in [5, 5.41) is 10.8. The molecule has 0 unspecified atom stereocenters. The molecule has 0 atom stereocenters. The number of unbranched alkanes of at least 4 members (excludes halogenated alkanes) is 1. The molecular formula is C28H37N5O2. The fourth-order valence-corrected chi connectivity index (χ4v) is 4.06. The molecule has 7 nitrogen and oxygen atoms in total. The standard InChI is InChI=1S/C28H37N5O2/c1-6-7-17-29-28(35)32(18-20(2)3)19-25(34)30-27-26(23-14-9-8-10-15-23)22(5)31-33(27)24-16-12-11-13-21(24)4/h8-16,20H,6-7,17-19H2,1-5H3,(H,29,35)(H,30,34). The Kier molecular flexibility index (Phi) is 9.06. The van der Waals surface area contributed by atoms with E-state index in [1.54, 1.807) is 9.58 Å². The molecule has 0 saturated heterocycles. The van der Waals surface area contributed by atoms with Gasteiger partial charge in [0, 0.05) is 18.7 Å². The summed E-state index contributed by atoms with van der Waals surface area (Å²) in [7, 11) is 0. The Balaban J connectivity index is 1.94. The molecule has 0 fully saturated rings. The van der Waals surface area contributed by atoms with Crippen molar-refractivity contribution >= 4 is 17.8 Å². The monoisotopic (exact) mass is 475 g/mol. The molecule has 0 saturated carbocycles. The molecule has 3 rings (SSSR count). The van der Waals surface area contributed by atoms with Crippen LogP contribution in [0.3, 0.4) is 0 Å². The fourth-order valence-electron chi connectivity index (χ4n) is 4.06. The van der Waals surface area contributed by atoms with Gasteiger partial charge in [-0.3, -0.25) is 4.79 Å². The number of aryl methyl sites for hydroxylation is 2. The molecule has 186 valence electrons. The summed E-state index contributed by atoms with van der Waals surface area (Å²) in [4.78, 5) is 27.7. The molecule has 7 heteroatoms. The minimum Gasteiger partial charge on any atom is -0.338 e. The van der Waals surface area contributed by atoms with Gasteiger partial charge in [-0.05, 0) is 43.4 Å². The Morgan fingerprint density at radius 3 is 2.37 bits per heavy atom. The number of urea groups is 1. The lowest BCUT2D eigenvalue weighted by atomic mass is 10.1. The highest BCUT2D eigenvalue weighted by Gasteiger charge is 2.23. The predicted molar refractivity (Wildman–Crippen MR) is 142 cm³/mol. The summed E-state index contributed by atoms with van der Waals surface area (Å²) >= 11 is 0. The molecule has 0 aliphatic heterocycles. The molecule has 0 bridgehead atoms. The van der Waals surface area contributed by atoms with Crippen molar-refractivity contribution < 1.29 is 9.59 Å². The van der Waals surface area contributed by atoms with Gasteiger partial charge in [0.15, 0.2) is 0 Å². The van der Waals surface area contributed by atoms with E-state index in [-0.39, 0.29) is 24.4 Å². The van der Waals surface area contributed by atoms with E-state index >= 15 is 0 Å². The second-order valence-corrected chi connectivity index (χ2v) is 9.28. The van der Waals surface area contributed by atoms with Crippen molar-refractivity contribution in [3.63, 3.8) is 0 Å². The molecule has 0 aliphatic rings. The van der Waals surface area contributed by atoms with Crippen molar-refractivity contribution in [2.24, 2.45) is 5.92 Å². The molecule has 3 amide bonds. The topological polar surface area (TPSA) is 79.3 Å². The summed E-state index contributed by atoms with van der Waals surface area (Å²) in [5.74, 6) is 0.575. The second-order valence-electron chi connectivity index (χ2n) is 9.28. The minimum absolute atomic E-state index is 0.0393. The largest absolute Gasteiger partial charge is 0.338 e. The number of nitrogens with one attached hydrogen (secondary N) is 2. The van der Waals surface area contributed by atoms with Crippen LogP contribution in [0, 0.1) is 19.8 Å². The van der Waals surface area contributed by atoms with E-state index in [1.807, 2.05) is 82.3 Å². The van der Waals surface area contributed by atoms with Gasteiger partial charge < -0.3 is 15.5 Å². The lowest BCUT2D eigenvalue weighted by Gasteiger charge is -2.24. The third kappa shape index (κ3) is 6.72. The summed E-state index contributed by atoms with van der Waals surface area (Å²) in [6, 6.07) is 17.6. The van der Waals surface area contributed by atoms with Crippen molar-refractivity contribution in [1.82, 2.24) is 20.0 Å². The van der Waals surface area contributed by atoms with E-state index < -0.39 is 0 Å². The van der Waals surface area contributed by atoms with Crippen molar-refractivity contribution in [3.8, 4) is 16.8 Å². The zero-order valence-electron chi connectivity index (χ0n) is 21.5. The summed E-state index contributed by atoms with van der Waals surface area (Å²) in [6.45, 7) is 11.2. The molecule has 2 N–H and O–H groups in total. The molecule has 3 aromatic rings. The van der Waals surface area contributed by atoms with Gasteiger partial charge in [0.2, 0.25) is 5.91 Å². The highest BCUT2D eigenvalue weighted by Crippen LogP contribution is 2.34.